The fraction of sp³-hybridized carbons (Fsp3) is 0.417. The smallest absolute Gasteiger partial charge is 0.407 e. The molecule has 1 aromatic carbocycles. The Balaban J connectivity index is 1.74. The van der Waals surface area contributed by atoms with E-state index in [0.29, 0.717) is 13.2 Å². The van der Waals surface area contributed by atoms with E-state index in [9.17, 15) is 4.79 Å². The number of benzene rings is 1. The van der Waals surface area contributed by atoms with Crippen LogP contribution in [0.2, 0.25) is 0 Å². The topological polar surface area (TPSA) is 73.6 Å². The van der Waals surface area contributed by atoms with Crippen LogP contribution in [0.4, 0.5) is 4.79 Å². The quantitative estimate of drug-likeness (QED) is 0.807. The van der Waals surface area contributed by atoms with Crippen LogP contribution in [0, 0.1) is 0 Å². The van der Waals surface area contributed by atoms with Crippen LogP contribution in [0.5, 0.6) is 0 Å². The fourth-order valence-corrected chi connectivity index (χ4v) is 1.64. The van der Waals surface area contributed by atoms with E-state index in [2.05, 4.69) is 5.32 Å². The molecule has 0 saturated carbocycles. The van der Waals surface area contributed by atoms with Crippen LogP contribution in [0.1, 0.15) is 5.56 Å². The standard InChI is InChI=1S/C12H16N2O3/c13-10-7-16-8-11(10)14-12(15)17-6-9-4-2-1-3-5-9/h1-5,10-11H,6-8,13H2,(H,14,15)/t10-,11+/m0/s1. The highest BCUT2D eigenvalue weighted by molar-refractivity contribution is 5.67. The van der Waals surface area contributed by atoms with Crippen LogP contribution in [-0.4, -0.2) is 31.4 Å². The highest BCUT2D eigenvalue weighted by Crippen LogP contribution is 2.04. The Bertz CT molecular complexity index is 369. The molecule has 5 heteroatoms. The van der Waals surface area contributed by atoms with Gasteiger partial charge in [-0.1, -0.05) is 30.3 Å². The zero-order valence-electron chi connectivity index (χ0n) is 9.46. The van der Waals surface area contributed by atoms with Crippen molar-refractivity contribution in [1.82, 2.24) is 5.32 Å². The number of carbonyl (C=O) groups is 1. The zero-order valence-corrected chi connectivity index (χ0v) is 9.46. The van der Waals surface area contributed by atoms with Crippen LogP contribution < -0.4 is 11.1 Å². The van der Waals surface area contributed by atoms with Crippen LogP contribution in [0.3, 0.4) is 0 Å². The van der Waals surface area contributed by atoms with E-state index in [4.69, 9.17) is 15.2 Å². The fourth-order valence-electron chi connectivity index (χ4n) is 1.64. The SMILES string of the molecule is N[C@H]1COC[C@H]1NC(=O)OCc1ccccc1. The van der Waals surface area contributed by atoms with E-state index >= 15 is 0 Å². The van der Waals surface area contributed by atoms with Gasteiger partial charge in [0.1, 0.15) is 6.61 Å². The lowest BCUT2D eigenvalue weighted by molar-refractivity contribution is 0.132. The van der Waals surface area contributed by atoms with Crippen LogP contribution in [0.15, 0.2) is 30.3 Å². The third kappa shape index (κ3) is 3.44. The molecule has 0 radical (unpaired) electrons. The molecule has 1 amide bonds. The summed E-state index contributed by atoms with van der Waals surface area (Å²) in [6, 6.07) is 9.21. The summed E-state index contributed by atoms with van der Waals surface area (Å²) in [5, 5.41) is 2.69. The number of rotatable bonds is 3. The van der Waals surface area contributed by atoms with Crippen molar-refractivity contribution in [2.45, 2.75) is 18.7 Å². The molecule has 0 aliphatic carbocycles. The number of ether oxygens (including phenoxy) is 2. The Labute approximate surface area is 99.9 Å². The normalized spacial score (nSPS) is 23.4. The Morgan fingerprint density at radius 1 is 1.41 bits per heavy atom. The third-order valence-electron chi connectivity index (χ3n) is 2.64. The molecule has 2 rings (SSSR count). The summed E-state index contributed by atoms with van der Waals surface area (Å²) in [7, 11) is 0. The summed E-state index contributed by atoms with van der Waals surface area (Å²) >= 11 is 0. The molecule has 1 aromatic rings. The van der Waals surface area contributed by atoms with Crippen molar-refractivity contribution in [1.29, 1.82) is 0 Å². The molecule has 1 saturated heterocycles. The first-order valence-electron chi connectivity index (χ1n) is 5.56. The molecule has 2 atom stereocenters. The number of carbonyl (C=O) groups excluding carboxylic acids is 1. The van der Waals surface area contributed by atoms with Crippen molar-refractivity contribution < 1.29 is 14.3 Å². The average molecular weight is 236 g/mol. The highest BCUT2D eigenvalue weighted by atomic mass is 16.5. The Kier molecular flexibility index (Phi) is 3.95. The number of alkyl carbamates (subject to hydrolysis) is 1. The average Bonchev–Trinajstić information content (AvgIpc) is 2.74. The lowest BCUT2D eigenvalue weighted by Gasteiger charge is -2.15. The predicted molar refractivity (Wildman–Crippen MR) is 62.3 cm³/mol. The molecule has 92 valence electrons. The van der Waals surface area contributed by atoms with Crippen LogP contribution in [0.25, 0.3) is 0 Å². The second-order valence-corrected chi connectivity index (χ2v) is 4.01. The minimum absolute atomic E-state index is 0.153. The summed E-state index contributed by atoms with van der Waals surface area (Å²) in [5.74, 6) is 0. The van der Waals surface area contributed by atoms with Gasteiger partial charge in [-0.05, 0) is 5.56 Å². The molecule has 0 aromatic heterocycles. The summed E-state index contributed by atoms with van der Waals surface area (Å²) in [6.45, 7) is 1.18. The third-order valence-corrected chi connectivity index (χ3v) is 2.64. The molecule has 17 heavy (non-hydrogen) atoms. The first-order valence-corrected chi connectivity index (χ1v) is 5.56. The molecule has 0 bridgehead atoms. The van der Waals surface area contributed by atoms with Crippen molar-refractivity contribution >= 4 is 6.09 Å². The minimum Gasteiger partial charge on any atom is -0.445 e. The second-order valence-electron chi connectivity index (χ2n) is 4.01. The van der Waals surface area contributed by atoms with Gasteiger partial charge in [-0.3, -0.25) is 0 Å². The van der Waals surface area contributed by atoms with Gasteiger partial charge in [0.15, 0.2) is 0 Å². The van der Waals surface area contributed by atoms with Gasteiger partial charge in [-0.2, -0.15) is 0 Å². The molecular formula is C12H16N2O3. The van der Waals surface area contributed by atoms with E-state index in [0.717, 1.165) is 5.56 Å². The molecular weight excluding hydrogens is 220 g/mol. The molecule has 0 unspecified atom stereocenters. The van der Waals surface area contributed by atoms with Gasteiger partial charge in [0.05, 0.1) is 25.3 Å². The maximum atomic E-state index is 11.5. The first-order chi connectivity index (χ1) is 8.25. The largest absolute Gasteiger partial charge is 0.445 e. The molecule has 1 heterocycles. The summed E-state index contributed by atoms with van der Waals surface area (Å²) in [5.41, 5.74) is 6.69. The van der Waals surface area contributed by atoms with E-state index < -0.39 is 6.09 Å². The van der Waals surface area contributed by atoms with E-state index in [-0.39, 0.29) is 18.7 Å². The molecule has 1 aliphatic rings. The van der Waals surface area contributed by atoms with E-state index in [1.54, 1.807) is 0 Å². The summed E-state index contributed by atoms with van der Waals surface area (Å²) in [4.78, 5) is 11.5. The lowest BCUT2D eigenvalue weighted by atomic mass is 10.2. The number of hydrogen-bond donors (Lipinski definition) is 2. The summed E-state index contributed by atoms with van der Waals surface area (Å²) < 4.78 is 10.2. The molecule has 5 nitrogen and oxygen atoms in total. The second kappa shape index (κ2) is 5.65. The molecule has 0 spiro atoms. The van der Waals surface area contributed by atoms with Crippen molar-refractivity contribution in [3.8, 4) is 0 Å². The Morgan fingerprint density at radius 3 is 2.82 bits per heavy atom. The predicted octanol–water partition coefficient (Wildman–Crippen LogP) is 0.639. The van der Waals surface area contributed by atoms with E-state index in [1.165, 1.54) is 0 Å². The van der Waals surface area contributed by atoms with Gasteiger partial charge in [0.2, 0.25) is 0 Å². The molecule has 3 N–H and O–H groups in total. The number of amides is 1. The Morgan fingerprint density at radius 2 is 2.18 bits per heavy atom. The van der Waals surface area contributed by atoms with E-state index in [1.807, 2.05) is 30.3 Å². The number of nitrogens with one attached hydrogen (secondary N) is 1. The lowest BCUT2D eigenvalue weighted by Crippen LogP contribution is -2.46. The van der Waals surface area contributed by atoms with Gasteiger partial charge < -0.3 is 20.5 Å². The van der Waals surface area contributed by atoms with Gasteiger partial charge in [-0.25, -0.2) is 4.79 Å². The maximum absolute atomic E-state index is 11.5. The number of hydrogen-bond acceptors (Lipinski definition) is 4. The molecule has 1 aliphatic heterocycles. The summed E-state index contributed by atoms with van der Waals surface area (Å²) in [6.07, 6.45) is -0.459. The highest BCUT2D eigenvalue weighted by Gasteiger charge is 2.26. The van der Waals surface area contributed by atoms with Crippen LogP contribution in [-0.2, 0) is 16.1 Å². The van der Waals surface area contributed by atoms with Crippen LogP contribution >= 0.6 is 0 Å². The van der Waals surface area contributed by atoms with Gasteiger partial charge in [-0.15, -0.1) is 0 Å². The zero-order chi connectivity index (χ0) is 12.1. The first kappa shape index (κ1) is 11.9. The number of nitrogens with two attached hydrogens (primary N) is 1. The van der Waals surface area contributed by atoms with Crippen molar-refractivity contribution in [3.63, 3.8) is 0 Å². The Hall–Kier alpha value is -1.59. The van der Waals surface area contributed by atoms with Gasteiger partial charge >= 0.3 is 6.09 Å². The van der Waals surface area contributed by atoms with Gasteiger partial charge in [0, 0.05) is 0 Å². The van der Waals surface area contributed by atoms with Gasteiger partial charge in [0.25, 0.3) is 0 Å². The van der Waals surface area contributed by atoms with Crippen molar-refractivity contribution in [2.24, 2.45) is 5.73 Å². The minimum atomic E-state index is -0.459. The van der Waals surface area contributed by atoms with Crippen molar-refractivity contribution in [3.05, 3.63) is 35.9 Å². The van der Waals surface area contributed by atoms with Crippen molar-refractivity contribution in [2.75, 3.05) is 13.2 Å². The monoisotopic (exact) mass is 236 g/mol. The molecule has 1 fully saturated rings. The maximum Gasteiger partial charge on any atom is 0.407 e.